The number of ether oxygens (including phenoxy) is 2. The second-order valence-electron chi connectivity index (χ2n) is 3.94. The summed E-state index contributed by atoms with van der Waals surface area (Å²) in [6, 6.07) is 0. The van der Waals surface area contributed by atoms with Gasteiger partial charge in [0.1, 0.15) is 0 Å². The summed E-state index contributed by atoms with van der Waals surface area (Å²) in [6.45, 7) is 5.42. The predicted octanol–water partition coefficient (Wildman–Crippen LogP) is 1.20. The highest BCUT2D eigenvalue weighted by molar-refractivity contribution is 4.88. The maximum atomic E-state index is 10.1. The van der Waals surface area contributed by atoms with E-state index in [4.69, 9.17) is 9.47 Å². The van der Waals surface area contributed by atoms with Gasteiger partial charge in [-0.1, -0.05) is 6.92 Å². The molecule has 0 aromatic rings. The first-order chi connectivity index (χ1) is 6.14. The van der Waals surface area contributed by atoms with Crippen LogP contribution in [-0.2, 0) is 9.47 Å². The largest absolute Gasteiger partial charge is 0.390 e. The van der Waals surface area contributed by atoms with E-state index in [0.29, 0.717) is 6.61 Å². The third kappa shape index (κ3) is 2.22. The van der Waals surface area contributed by atoms with Crippen molar-refractivity contribution >= 4 is 0 Å². The standard InChI is InChI=1S/C10H20O3/c1-4-10(2,12-3)9(11)8-5-6-13-7-8/h8-9,11H,4-7H2,1-3H3. The fourth-order valence-electron chi connectivity index (χ4n) is 1.77. The maximum absolute atomic E-state index is 10.1. The molecule has 1 N–H and O–H groups in total. The number of hydrogen-bond donors (Lipinski definition) is 1. The van der Waals surface area contributed by atoms with Crippen molar-refractivity contribution in [2.24, 2.45) is 5.92 Å². The van der Waals surface area contributed by atoms with Crippen LogP contribution < -0.4 is 0 Å². The molecule has 1 rings (SSSR count). The smallest absolute Gasteiger partial charge is 0.0909 e. The van der Waals surface area contributed by atoms with Gasteiger partial charge in [-0.25, -0.2) is 0 Å². The second kappa shape index (κ2) is 4.40. The zero-order valence-electron chi connectivity index (χ0n) is 8.75. The molecule has 0 aliphatic carbocycles. The van der Waals surface area contributed by atoms with E-state index in [2.05, 4.69) is 0 Å². The van der Waals surface area contributed by atoms with Gasteiger partial charge in [-0.15, -0.1) is 0 Å². The van der Waals surface area contributed by atoms with Gasteiger partial charge >= 0.3 is 0 Å². The Morgan fingerprint density at radius 3 is 2.77 bits per heavy atom. The molecule has 1 saturated heterocycles. The Morgan fingerprint density at radius 2 is 2.38 bits per heavy atom. The van der Waals surface area contributed by atoms with E-state index in [1.807, 2.05) is 13.8 Å². The molecule has 0 radical (unpaired) electrons. The number of aliphatic hydroxyl groups excluding tert-OH is 1. The lowest BCUT2D eigenvalue weighted by molar-refractivity contribution is -0.115. The first-order valence-electron chi connectivity index (χ1n) is 4.95. The van der Waals surface area contributed by atoms with Crippen LogP contribution in [0.4, 0.5) is 0 Å². The van der Waals surface area contributed by atoms with Crippen LogP contribution in [0.5, 0.6) is 0 Å². The van der Waals surface area contributed by atoms with Crippen LogP contribution in [0.25, 0.3) is 0 Å². The van der Waals surface area contributed by atoms with Crippen LogP contribution in [0.1, 0.15) is 26.7 Å². The van der Waals surface area contributed by atoms with Gasteiger partial charge in [-0.3, -0.25) is 0 Å². The van der Waals surface area contributed by atoms with Crippen molar-refractivity contribution in [1.29, 1.82) is 0 Å². The van der Waals surface area contributed by atoms with Crippen molar-refractivity contribution in [2.75, 3.05) is 20.3 Å². The van der Waals surface area contributed by atoms with Gasteiger partial charge < -0.3 is 14.6 Å². The van der Waals surface area contributed by atoms with Gasteiger partial charge in [0, 0.05) is 19.6 Å². The van der Waals surface area contributed by atoms with E-state index in [1.54, 1.807) is 7.11 Å². The maximum Gasteiger partial charge on any atom is 0.0909 e. The Morgan fingerprint density at radius 1 is 1.69 bits per heavy atom. The average Bonchev–Trinajstić information content (AvgIpc) is 2.68. The molecule has 3 nitrogen and oxygen atoms in total. The minimum absolute atomic E-state index is 0.241. The van der Waals surface area contributed by atoms with Crippen LogP contribution in [0.15, 0.2) is 0 Å². The molecular formula is C10H20O3. The summed E-state index contributed by atoms with van der Waals surface area (Å²) in [7, 11) is 1.66. The van der Waals surface area contributed by atoms with Crippen LogP contribution in [0.2, 0.25) is 0 Å². The second-order valence-corrected chi connectivity index (χ2v) is 3.94. The first-order valence-corrected chi connectivity index (χ1v) is 4.95. The van der Waals surface area contributed by atoms with Crippen molar-refractivity contribution in [3.63, 3.8) is 0 Å². The highest BCUT2D eigenvalue weighted by Crippen LogP contribution is 2.29. The Labute approximate surface area is 80.0 Å². The minimum Gasteiger partial charge on any atom is -0.390 e. The molecule has 0 saturated carbocycles. The van der Waals surface area contributed by atoms with Gasteiger partial charge in [-0.05, 0) is 19.8 Å². The first kappa shape index (κ1) is 11.0. The normalized spacial score (nSPS) is 30.0. The molecule has 0 bridgehead atoms. The number of hydrogen-bond acceptors (Lipinski definition) is 3. The molecule has 3 unspecified atom stereocenters. The number of rotatable bonds is 4. The highest BCUT2D eigenvalue weighted by atomic mass is 16.5. The summed E-state index contributed by atoms with van der Waals surface area (Å²) in [5.74, 6) is 0.241. The summed E-state index contributed by atoms with van der Waals surface area (Å²) in [6.07, 6.45) is 1.35. The van der Waals surface area contributed by atoms with Crippen LogP contribution in [0.3, 0.4) is 0 Å². The molecule has 0 aromatic carbocycles. The lowest BCUT2D eigenvalue weighted by atomic mass is 9.86. The lowest BCUT2D eigenvalue weighted by Crippen LogP contribution is -2.45. The van der Waals surface area contributed by atoms with E-state index in [0.717, 1.165) is 19.4 Å². The van der Waals surface area contributed by atoms with Gasteiger partial charge in [0.2, 0.25) is 0 Å². The molecule has 1 aliphatic rings. The molecule has 3 atom stereocenters. The molecule has 78 valence electrons. The summed E-state index contributed by atoms with van der Waals surface area (Å²) in [4.78, 5) is 0. The third-order valence-electron chi connectivity index (χ3n) is 3.21. The molecule has 0 spiro atoms. The molecule has 1 heterocycles. The van der Waals surface area contributed by atoms with E-state index in [1.165, 1.54) is 0 Å². The van der Waals surface area contributed by atoms with Crippen molar-refractivity contribution in [2.45, 2.75) is 38.4 Å². The Bertz CT molecular complexity index is 148. The lowest BCUT2D eigenvalue weighted by Gasteiger charge is -2.35. The summed E-state index contributed by atoms with van der Waals surface area (Å²) >= 11 is 0. The Hall–Kier alpha value is -0.120. The average molecular weight is 188 g/mol. The van der Waals surface area contributed by atoms with E-state index in [9.17, 15) is 5.11 Å². The van der Waals surface area contributed by atoms with E-state index < -0.39 is 11.7 Å². The van der Waals surface area contributed by atoms with E-state index in [-0.39, 0.29) is 5.92 Å². The predicted molar refractivity (Wildman–Crippen MR) is 50.6 cm³/mol. The quantitative estimate of drug-likeness (QED) is 0.720. The fraction of sp³-hybridized carbons (Fsp3) is 1.00. The Balaban J connectivity index is 2.57. The molecule has 13 heavy (non-hydrogen) atoms. The van der Waals surface area contributed by atoms with Gasteiger partial charge in [0.05, 0.1) is 18.3 Å². The number of aliphatic hydroxyl groups is 1. The number of methoxy groups -OCH3 is 1. The van der Waals surface area contributed by atoms with Gasteiger partial charge in [-0.2, -0.15) is 0 Å². The molecular weight excluding hydrogens is 168 g/mol. The fourth-order valence-corrected chi connectivity index (χ4v) is 1.77. The zero-order chi connectivity index (χ0) is 9.90. The molecule has 0 amide bonds. The van der Waals surface area contributed by atoms with Crippen molar-refractivity contribution in [1.82, 2.24) is 0 Å². The van der Waals surface area contributed by atoms with Crippen molar-refractivity contribution in [3.8, 4) is 0 Å². The van der Waals surface area contributed by atoms with Crippen molar-refractivity contribution in [3.05, 3.63) is 0 Å². The minimum atomic E-state index is -0.418. The van der Waals surface area contributed by atoms with Crippen LogP contribution in [0, 0.1) is 5.92 Å². The molecule has 3 heteroatoms. The summed E-state index contributed by atoms with van der Waals surface area (Å²) < 4.78 is 10.6. The monoisotopic (exact) mass is 188 g/mol. The zero-order valence-corrected chi connectivity index (χ0v) is 8.75. The van der Waals surface area contributed by atoms with Crippen LogP contribution >= 0.6 is 0 Å². The van der Waals surface area contributed by atoms with Gasteiger partial charge in [0.15, 0.2) is 0 Å². The Kier molecular flexibility index (Phi) is 3.71. The van der Waals surface area contributed by atoms with Gasteiger partial charge in [0.25, 0.3) is 0 Å². The summed E-state index contributed by atoms with van der Waals surface area (Å²) in [5.41, 5.74) is -0.418. The van der Waals surface area contributed by atoms with Crippen LogP contribution in [-0.4, -0.2) is 37.1 Å². The third-order valence-corrected chi connectivity index (χ3v) is 3.21. The SMILES string of the molecule is CCC(C)(OC)C(O)C1CCOC1. The molecule has 1 fully saturated rings. The highest BCUT2D eigenvalue weighted by Gasteiger charge is 2.38. The van der Waals surface area contributed by atoms with Crippen molar-refractivity contribution < 1.29 is 14.6 Å². The topological polar surface area (TPSA) is 38.7 Å². The molecule has 0 aromatic heterocycles. The summed E-state index contributed by atoms with van der Waals surface area (Å²) in [5, 5.41) is 10.1. The van der Waals surface area contributed by atoms with E-state index >= 15 is 0 Å². The molecule has 1 aliphatic heterocycles.